The van der Waals surface area contributed by atoms with Gasteiger partial charge in [-0.1, -0.05) is 6.07 Å². The van der Waals surface area contributed by atoms with Gasteiger partial charge in [0.2, 0.25) is 5.89 Å². The quantitative estimate of drug-likeness (QED) is 0.771. The third-order valence-electron chi connectivity index (χ3n) is 2.41. The van der Waals surface area contributed by atoms with Crippen molar-refractivity contribution in [2.75, 3.05) is 27.4 Å². The van der Waals surface area contributed by atoms with E-state index in [0.29, 0.717) is 19.0 Å². The first-order valence-electron chi connectivity index (χ1n) is 5.47. The molecule has 0 radical (unpaired) electrons. The number of nitrogens with zero attached hydrogens (tertiary/aromatic N) is 1. The van der Waals surface area contributed by atoms with Gasteiger partial charge in [0.15, 0.2) is 11.1 Å². The molecule has 5 nitrogen and oxygen atoms in total. The molecule has 1 aromatic heterocycles. The lowest BCUT2D eigenvalue weighted by Gasteiger charge is -1.99. The molecular formula is C12H16N2O3. The third-order valence-corrected chi connectivity index (χ3v) is 2.41. The van der Waals surface area contributed by atoms with E-state index in [1.54, 1.807) is 14.2 Å². The molecule has 1 N–H and O–H groups in total. The lowest BCUT2D eigenvalue weighted by Crippen LogP contribution is -2.18. The first-order valence-corrected chi connectivity index (χ1v) is 5.47. The molecule has 17 heavy (non-hydrogen) atoms. The van der Waals surface area contributed by atoms with E-state index in [1.165, 1.54) is 0 Å². The Balaban J connectivity index is 2.09. The molecule has 0 unspecified atom stereocenters. The van der Waals surface area contributed by atoms with Gasteiger partial charge in [-0.2, -0.15) is 0 Å². The summed E-state index contributed by atoms with van der Waals surface area (Å²) < 4.78 is 15.8. The van der Waals surface area contributed by atoms with Crippen LogP contribution >= 0.6 is 0 Å². The zero-order chi connectivity index (χ0) is 12.1. The van der Waals surface area contributed by atoms with Gasteiger partial charge in [-0.05, 0) is 12.1 Å². The molecule has 0 saturated heterocycles. The number of rotatable bonds is 6. The average Bonchev–Trinajstić information content (AvgIpc) is 2.77. The Bertz CT molecular complexity index is 482. The number of methoxy groups -OCH3 is 2. The van der Waals surface area contributed by atoms with Gasteiger partial charge in [0.1, 0.15) is 5.75 Å². The molecule has 0 aliphatic heterocycles. The van der Waals surface area contributed by atoms with Crippen LogP contribution < -0.4 is 10.1 Å². The average molecular weight is 236 g/mol. The second-order valence-electron chi connectivity index (χ2n) is 3.58. The van der Waals surface area contributed by atoms with Crippen molar-refractivity contribution in [3.8, 4) is 5.75 Å². The van der Waals surface area contributed by atoms with Crippen molar-refractivity contribution in [2.45, 2.75) is 6.54 Å². The summed E-state index contributed by atoms with van der Waals surface area (Å²) in [5, 5.41) is 3.18. The molecule has 1 heterocycles. The zero-order valence-electron chi connectivity index (χ0n) is 10.0. The summed E-state index contributed by atoms with van der Waals surface area (Å²) in [6.07, 6.45) is 0. The molecule has 0 fully saturated rings. The minimum atomic E-state index is 0.585. The highest BCUT2D eigenvalue weighted by atomic mass is 16.5. The second kappa shape index (κ2) is 5.65. The van der Waals surface area contributed by atoms with Gasteiger partial charge < -0.3 is 19.2 Å². The SMILES string of the molecule is COCCNCc1nc2c(OC)cccc2o1. The smallest absolute Gasteiger partial charge is 0.209 e. The molecule has 0 amide bonds. The molecule has 0 aliphatic rings. The van der Waals surface area contributed by atoms with Crippen LogP contribution in [0, 0.1) is 0 Å². The van der Waals surface area contributed by atoms with Crippen LogP contribution in [0.15, 0.2) is 22.6 Å². The maximum absolute atomic E-state index is 5.60. The van der Waals surface area contributed by atoms with Crippen LogP contribution in [0.3, 0.4) is 0 Å². The summed E-state index contributed by atoms with van der Waals surface area (Å²) >= 11 is 0. The molecule has 0 bridgehead atoms. The molecule has 0 aliphatic carbocycles. The Morgan fingerprint density at radius 1 is 1.35 bits per heavy atom. The van der Waals surface area contributed by atoms with E-state index in [1.807, 2.05) is 18.2 Å². The summed E-state index contributed by atoms with van der Waals surface area (Å²) in [5.41, 5.74) is 1.51. The minimum Gasteiger partial charge on any atom is -0.494 e. The molecule has 5 heteroatoms. The third kappa shape index (κ3) is 2.75. The fourth-order valence-corrected chi connectivity index (χ4v) is 1.58. The van der Waals surface area contributed by atoms with Gasteiger partial charge in [0.25, 0.3) is 0 Å². The number of aromatic nitrogens is 1. The normalized spacial score (nSPS) is 10.9. The van der Waals surface area contributed by atoms with E-state index < -0.39 is 0 Å². The van der Waals surface area contributed by atoms with E-state index in [4.69, 9.17) is 13.9 Å². The van der Waals surface area contributed by atoms with E-state index in [2.05, 4.69) is 10.3 Å². The van der Waals surface area contributed by atoms with Crippen LogP contribution in [0.25, 0.3) is 11.1 Å². The number of para-hydroxylation sites is 1. The van der Waals surface area contributed by atoms with Crippen LogP contribution in [0.5, 0.6) is 5.75 Å². The summed E-state index contributed by atoms with van der Waals surface area (Å²) in [4.78, 5) is 4.39. The van der Waals surface area contributed by atoms with Crippen LogP contribution in [0.4, 0.5) is 0 Å². The monoisotopic (exact) mass is 236 g/mol. The molecule has 2 aromatic rings. The number of oxazole rings is 1. The van der Waals surface area contributed by atoms with Gasteiger partial charge in [-0.3, -0.25) is 0 Å². The lowest BCUT2D eigenvalue weighted by atomic mass is 10.3. The van der Waals surface area contributed by atoms with Crippen molar-refractivity contribution in [3.05, 3.63) is 24.1 Å². The van der Waals surface area contributed by atoms with Gasteiger partial charge in [0, 0.05) is 13.7 Å². The van der Waals surface area contributed by atoms with Crippen molar-refractivity contribution in [3.63, 3.8) is 0 Å². The maximum atomic E-state index is 5.60. The number of hydrogen-bond donors (Lipinski definition) is 1. The molecule has 0 saturated carbocycles. The van der Waals surface area contributed by atoms with Crippen molar-refractivity contribution in [2.24, 2.45) is 0 Å². The Morgan fingerprint density at radius 2 is 2.24 bits per heavy atom. The highest BCUT2D eigenvalue weighted by Crippen LogP contribution is 2.25. The van der Waals surface area contributed by atoms with E-state index in [0.717, 1.165) is 23.4 Å². The fraction of sp³-hybridized carbons (Fsp3) is 0.417. The van der Waals surface area contributed by atoms with Crippen molar-refractivity contribution in [1.29, 1.82) is 0 Å². The molecule has 2 rings (SSSR count). The number of nitrogens with one attached hydrogen (secondary N) is 1. The molecule has 92 valence electrons. The zero-order valence-corrected chi connectivity index (χ0v) is 10.0. The predicted octanol–water partition coefficient (Wildman–Crippen LogP) is 1.57. The minimum absolute atomic E-state index is 0.585. The first-order chi connectivity index (χ1) is 8.35. The maximum Gasteiger partial charge on any atom is 0.209 e. The summed E-state index contributed by atoms with van der Waals surface area (Å²) in [7, 11) is 3.30. The molecule has 0 atom stereocenters. The van der Waals surface area contributed by atoms with Crippen LogP contribution in [0.2, 0.25) is 0 Å². The van der Waals surface area contributed by atoms with E-state index in [9.17, 15) is 0 Å². The van der Waals surface area contributed by atoms with Crippen LogP contribution in [-0.4, -0.2) is 32.4 Å². The molecule has 1 aromatic carbocycles. The largest absolute Gasteiger partial charge is 0.494 e. The summed E-state index contributed by atoms with van der Waals surface area (Å²) in [6, 6.07) is 5.63. The Morgan fingerprint density at radius 3 is 3.00 bits per heavy atom. The molecule has 0 spiro atoms. The second-order valence-corrected chi connectivity index (χ2v) is 3.58. The van der Waals surface area contributed by atoms with E-state index >= 15 is 0 Å². The Kier molecular flexibility index (Phi) is 3.95. The number of benzene rings is 1. The number of fused-ring (bicyclic) bond motifs is 1. The Hall–Kier alpha value is -1.59. The van der Waals surface area contributed by atoms with Gasteiger partial charge in [-0.25, -0.2) is 4.98 Å². The highest BCUT2D eigenvalue weighted by molar-refractivity contribution is 5.79. The van der Waals surface area contributed by atoms with Crippen molar-refractivity contribution < 1.29 is 13.9 Å². The highest BCUT2D eigenvalue weighted by Gasteiger charge is 2.09. The first kappa shape index (κ1) is 11.9. The Labute approximate surface area is 99.7 Å². The van der Waals surface area contributed by atoms with Gasteiger partial charge in [-0.15, -0.1) is 0 Å². The standard InChI is InChI=1S/C12H16N2O3/c1-15-7-6-13-8-11-14-12-9(16-2)4-3-5-10(12)17-11/h3-5,13H,6-8H2,1-2H3. The fourth-order valence-electron chi connectivity index (χ4n) is 1.58. The topological polar surface area (TPSA) is 56.5 Å². The van der Waals surface area contributed by atoms with Crippen molar-refractivity contribution in [1.82, 2.24) is 10.3 Å². The summed E-state index contributed by atoms with van der Waals surface area (Å²) in [6.45, 7) is 2.02. The van der Waals surface area contributed by atoms with Crippen molar-refractivity contribution >= 4 is 11.1 Å². The lowest BCUT2D eigenvalue weighted by molar-refractivity contribution is 0.198. The van der Waals surface area contributed by atoms with Gasteiger partial charge >= 0.3 is 0 Å². The van der Waals surface area contributed by atoms with Crippen LogP contribution in [0.1, 0.15) is 5.89 Å². The number of ether oxygens (including phenoxy) is 2. The number of hydrogen-bond acceptors (Lipinski definition) is 5. The van der Waals surface area contributed by atoms with Crippen LogP contribution in [-0.2, 0) is 11.3 Å². The summed E-state index contributed by atoms with van der Waals surface area (Å²) in [5.74, 6) is 1.38. The predicted molar refractivity (Wildman–Crippen MR) is 64.1 cm³/mol. The molecular weight excluding hydrogens is 220 g/mol. The van der Waals surface area contributed by atoms with E-state index in [-0.39, 0.29) is 0 Å². The van der Waals surface area contributed by atoms with Gasteiger partial charge in [0.05, 0.1) is 20.3 Å².